The van der Waals surface area contributed by atoms with Gasteiger partial charge in [0.15, 0.2) is 0 Å². The summed E-state index contributed by atoms with van der Waals surface area (Å²) in [5.41, 5.74) is 3.66. The molecule has 0 atom stereocenters. The molecule has 0 aliphatic carbocycles. The van der Waals surface area contributed by atoms with Gasteiger partial charge in [0.25, 0.3) is 0 Å². The van der Waals surface area contributed by atoms with E-state index in [1.807, 2.05) is 35.9 Å². The Morgan fingerprint density at radius 2 is 1.80 bits per heavy atom. The molecule has 158 valence electrons. The lowest BCUT2D eigenvalue weighted by molar-refractivity contribution is -0.126. The summed E-state index contributed by atoms with van der Waals surface area (Å²) >= 11 is 1.48. The lowest BCUT2D eigenvalue weighted by atomic mass is 9.98. The number of nitrogens with zero attached hydrogens (tertiary/aromatic N) is 3. The summed E-state index contributed by atoms with van der Waals surface area (Å²) in [5, 5.41) is 4.26. The minimum atomic E-state index is -3.69. The second-order valence-electron chi connectivity index (χ2n) is 7.13. The van der Waals surface area contributed by atoms with Gasteiger partial charge in [-0.05, 0) is 49.2 Å². The van der Waals surface area contributed by atoms with Crippen LogP contribution >= 0.6 is 11.3 Å². The number of carbonyl (C=O) groups excluding carboxylic acids is 1. The molecule has 4 rings (SSSR count). The second-order valence-corrected chi connectivity index (χ2v) is 10.1. The van der Waals surface area contributed by atoms with Crippen LogP contribution < -0.4 is 10.2 Å². The van der Waals surface area contributed by atoms with Crippen LogP contribution in [-0.2, 0) is 21.9 Å². The zero-order valence-electron chi connectivity index (χ0n) is 16.3. The third-order valence-electron chi connectivity index (χ3n) is 5.25. The van der Waals surface area contributed by atoms with E-state index in [4.69, 9.17) is 0 Å². The van der Waals surface area contributed by atoms with Crippen LogP contribution in [0.15, 0.2) is 58.5 Å². The van der Waals surface area contributed by atoms with E-state index in [0.29, 0.717) is 17.6 Å². The Morgan fingerprint density at radius 1 is 1.13 bits per heavy atom. The van der Waals surface area contributed by atoms with Gasteiger partial charge in [0, 0.05) is 26.1 Å². The largest absolute Gasteiger partial charge is 0.318 e. The van der Waals surface area contributed by atoms with Gasteiger partial charge in [-0.3, -0.25) is 4.79 Å². The highest BCUT2D eigenvalue weighted by molar-refractivity contribution is 7.89. The molecule has 30 heavy (non-hydrogen) atoms. The predicted molar refractivity (Wildman–Crippen MR) is 112 cm³/mol. The molecule has 1 aromatic heterocycles. The number of aromatic nitrogens is 1. The maximum absolute atomic E-state index is 13.1. The first kappa shape index (κ1) is 20.7. The van der Waals surface area contributed by atoms with Crippen LogP contribution in [0.5, 0.6) is 0 Å². The topological polar surface area (TPSA) is 83.8 Å². The molecule has 0 unspecified atom stereocenters. The third kappa shape index (κ3) is 4.03. The number of para-hydroxylation sites is 1. The van der Waals surface area contributed by atoms with Gasteiger partial charge < -0.3 is 4.57 Å². The first-order valence-corrected chi connectivity index (χ1v) is 11.8. The maximum atomic E-state index is 13.1. The molecule has 10 heteroatoms. The fraction of sp³-hybridized carbons (Fsp3) is 0.300. The lowest BCUT2D eigenvalue weighted by Gasteiger charge is -2.30. The summed E-state index contributed by atoms with van der Waals surface area (Å²) in [7, 11) is -1.80. The van der Waals surface area contributed by atoms with Crippen molar-refractivity contribution in [2.75, 3.05) is 13.1 Å². The van der Waals surface area contributed by atoms with Crippen LogP contribution in [0, 0.1) is 11.7 Å². The van der Waals surface area contributed by atoms with E-state index in [-0.39, 0.29) is 29.8 Å². The van der Waals surface area contributed by atoms with Crippen LogP contribution in [0.4, 0.5) is 4.39 Å². The number of hydrogen-bond acceptors (Lipinski definition) is 5. The fourth-order valence-corrected chi connectivity index (χ4v) is 5.95. The number of nitrogens with one attached hydrogen (secondary N) is 1. The monoisotopic (exact) mass is 448 g/mol. The first-order chi connectivity index (χ1) is 14.4. The van der Waals surface area contributed by atoms with Crippen molar-refractivity contribution in [2.45, 2.75) is 17.7 Å². The highest BCUT2D eigenvalue weighted by Crippen LogP contribution is 2.24. The van der Waals surface area contributed by atoms with Crippen LogP contribution in [0.1, 0.15) is 12.8 Å². The number of hydrogen-bond donors (Lipinski definition) is 1. The van der Waals surface area contributed by atoms with Crippen LogP contribution in [-0.4, -0.2) is 36.3 Å². The van der Waals surface area contributed by atoms with Crippen molar-refractivity contribution < 1.29 is 17.6 Å². The van der Waals surface area contributed by atoms with Crippen molar-refractivity contribution in [2.24, 2.45) is 18.1 Å². The molecular formula is C20H21FN4O3S2. The number of benzene rings is 2. The minimum absolute atomic E-state index is 0.0547. The van der Waals surface area contributed by atoms with E-state index in [2.05, 4.69) is 10.5 Å². The Bertz CT molecular complexity index is 1240. The summed E-state index contributed by atoms with van der Waals surface area (Å²) in [5.74, 6) is -1.01. The van der Waals surface area contributed by atoms with E-state index in [0.717, 1.165) is 22.3 Å². The molecule has 1 aliphatic rings. The Balaban J connectivity index is 1.40. The summed E-state index contributed by atoms with van der Waals surface area (Å²) in [6.07, 6.45) is 0.806. The SMILES string of the molecule is Cn1/c(=N/NC(=O)C2CCN(S(=O)(=O)c3ccc(F)cc3)CC2)sc2ccccc21. The molecule has 1 N–H and O–H groups in total. The van der Waals surface area contributed by atoms with Gasteiger partial charge in [0.1, 0.15) is 5.82 Å². The molecule has 1 fully saturated rings. The lowest BCUT2D eigenvalue weighted by Crippen LogP contribution is -2.42. The van der Waals surface area contributed by atoms with E-state index in [9.17, 15) is 17.6 Å². The standard InChI is InChI=1S/C20H21FN4O3S2/c1-24-17-4-2-3-5-18(17)29-20(24)23-22-19(26)14-10-12-25(13-11-14)30(27,28)16-8-6-15(21)7-9-16/h2-9,14H,10-13H2,1H3,(H,22,26)/b23-20-. The first-order valence-electron chi connectivity index (χ1n) is 9.50. The van der Waals surface area contributed by atoms with Gasteiger partial charge in [0.05, 0.1) is 15.1 Å². The smallest absolute Gasteiger partial charge is 0.243 e. The molecule has 3 aromatic rings. The van der Waals surface area contributed by atoms with Crippen molar-refractivity contribution in [1.29, 1.82) is 0 Å². The number of aryl methyl sites for hydroxylation is 1. The molecule has 1 saturated heterocycles. The highest BCUT2D eigenvalue weighted by Gasteiger charge is 2.32. The molecule has 1 aliphatic heterocycles. The molecular weight excluding hydrogens is 427 g/mol. The van der Waals surface area contributed by atoms with Gasteiger partial charge in [-0.1, -0.05) is 23.5 Å². The molecule has 7 nitrogen and oxygen atoms in total. The molecule has 2 heterocycles. The number of amides is 1. The zero-order valence-corrected chi connectivity index (χ0v) is 17.9. The molecule has 1 amide bonds. The van der Waals surface area contributed by atoms with Crippen LogP contribution in [0.2, 0.25) is 0 Å². The molecule has 0 saturated carbocycles. The normalized spacial score (nSPS) is 16.8. The molecule has 2 aromatic carbocycles. The van der Waals surface area contributed by atoms with Crippen molar-refractivity contribution >= 4 is 37.5 Å². The molecule has 0 radical (unpaired) electrons. The van der Waals surface area contributed by atoms with Gasteiger partial charge in [-0.15, -0.1) is 5.10 Å². The van der Waals surface area contributed by atoms with Crippen molar-refractivity contribution in [1.82, 2.24) is 14.3 Å². The van der Waals surface area contributed by atoms with E-state index in [1.165, 1.54) is 27.8 Å². The maximum Gasteiger partial charge on any atom is 0.243 e. The summed E-state index contributed by atoms with van der Waals surface area (Å²) in [4.78, 5) is 13.3. The number of sulfonamides is 1. The average Bonchev–Trinajstić information content (AvgIpc) is 3.08. The van der Waals surface area contributed by atoms with Crippen LogP contribution in [0.3, 0.4) is 0 Å². The van der Waals surface area contributed by atoms with Crippen molar-refractivity contribution in [3.05, 3.63) is 59.1 Å². The van der Waals surface area contributed by atoms with Gasteiger partial charge in [0.2, 0.25) is 20.7 Å². The molecule has 0 bridgehead atoms. The highest BCUT2D eigenvalue weighted by atomic mass is 32.2. The number of fused-ring (bicyclic) bond motifs is 1. The van der Waals surface area contributed by atoms with Gasteiger partial charge in [-0.25, -0.2) is 18.2 Å². The Labute approximate surface area is 177 Å². The summed E-state index contributed by atoms with van der Waals surface area (Å²) in [6.45, 7) is 0.461. The Hall–Kier alpha value is -2.56. The Morgan fingerprint density at radius 3 is 2.47 bits per heavy atom. The van der Waals surface area contributed by atoms with Gasteiger partial charge in [-0.2, -0.15) is 4.31 Å². The van der Waals surface area contributed by atoms with Crippen molar-refractivity contribution in [3.63, 3.8) is 0 Å². The van der Waals surface area contributed by atoms with Crippen LogP contribution in [0.25, 0.3) is 10.2 Å². The fourth-order valence-electron chi connectivity index (χ4n) is 3.50. The minimum Gasteiger partial charge on any atom is -0.318 e. The predicted octanol–water partition coefficient (Wildman–Crippen LogP) is 2.41. The number of halogens is 1. The second kappa shape index (κ2) is 8.29. The van der Waals surface area contributed by atoms with E-state index >= 15 is 0 Å². The number of carbonyl (C=O) groups is 1. The van der Waals surface area contributed by atoms with E-state index in [1.54, 1.807) is 0 Å². The zero-order chi connectivity index (χ0) is 21.3. The number of rotatable bonds is 4. The number of piperidine rings is 1. The summed E-state index contributed by atoms with van der Waals surface area (Å²) in [6, 6.07) is 12.7. The summed E-state index contributed by atoms with van der Waals surface area (Å²) < 4.78 is 42.8. The quantitative estimate of drug-likeness (QED) is 0.622. The third-order valence-corrected chi connectivity index (χ3v) is 8.28. The Kier molecular flexibility index (Phi) is 5.72. The van der Waals surface area contributed by atoms with E-state index < -0.39 is 15.8 Å². The van der Waals surface area contributed by atoms with Gasteiger partial charge >= 0.3 is 0 Å². The average molecular weight is 449 g/mol. The number of thiazole rings is 1. The van der Waals surface area contributed by atoms with Crippen molar-refractivity contribution in [3.8, 4) is 0 Å². The molecule has 0 spiro atoms.